The number of hydrogen-bond donors (Lipinski definition) is 2. The third-order valence-electron chi connectivity index (χ3n) is 5.58. The molecule has 3 rings (SSSR count). The maximum Gasteiger partial charge on any atom is 0.191 e. The number of likely N-dealkylation sites (tertiary alicyclic amines) is 1. The standard InChI is InChI=1S/C21H34N4O.HI/c1-3-22-21(23-14-12-17-8-10-20(26-2)11-9-17)24-18-13-15-25(16-18)19-6-4-5-7-19;/h8-11,18-19H,3-7,12-16H2,1-2H3,(H2,22,23,24);1H. The Morgan fingerprint density at radius 2 is 1.93 bits per heavy atom. The molecule has 1 aromatic rings. The van der Waals surface area contributed by atoms with Gasteiger partial charge in [0, 0.05) is 38.3 Å². The molecule has 1 heterocycles. The first-order valence-corrected chi connectivity index (χ1v) is 10.2. The van der Waals surface area contributed by atoms with Crippen LogP contribution >= 0.6 is 24.0 Å². The van der Waals surface area contributed by atoms with Crippen LogP contribution < -0.4 is 15.4 Å². The monoisotopic (exact) mass is 486 g/mol. The predicted octanol–water partition coefficient (Wildman–Crippen LogP) is 3.43. The molecule has 2 N–H and O–H groups in total. The highest BCUT2D eigenvalue weighted by molar-refractivity contribution is 14.0. The molecule has 1 saturated carbocycles. The first-order valence-electron chi connectivity index (χ1n) is 10.2. The molecule has 1 unspecified atom stereocenters. The first kappa shape index (κ1) is 22.3. The van der Waals surface area contributed by atoms with Crippen molar-refractivity contribution in [2.45, 2.75) is 57.5 Å². The van der Waals surface area contributed by atoms with E-state index in [1.165, 1.54) is 44.2 Å². The highest BCUT2D eigenvalue weighted by Crippen LogP contribution is 2.26. The summed E-state index contributed by atoms with van der Waals surface area (Å²) >= 11 is 0. The van der Waals surface area contributed by atoms with Gasteiger partial charge in [0.2, 0.25) is 0 Å². The molecule has 2 fully saturated rings. The van der Waals surface area contributed by atoms with Crippen LogP contribution in [0.4, 0.5) is 0 Å². The highest BCUT2D eigenvalue weighted by Gasteiger charge is 2.30. The molecule has 1 aliphatic heterocycles. The molecule has 5 nitrogen and oxygen atoms in total. The Morgan fingerprint density at radius 1 is 1.19 bits per heavy atom. The molecular weight excluding hydrogens is 451 g/mol. The Kier molecular flexibility index (Phi) is 9.68. The number of nitrogens with zero attached hydrogens (tertiary/aromatic N) is 2. The average Bonchev–Trinajstić information content (AvgIpc) is 3.34. The van der Waals surface area contributed by atoms with Crippen LogP contribution in [0, 0.1) is 0 Å². The number of guanidine groups is 1. The van der Waals surface area contributed by atoms with E-state index in [-0.39, 0.29) is 24.0 Å². The van der Waals surface area contributed by atoms with Crippen molar-refractivity contribution >= 4 is 29.9 Å². The van der Waals surface area contributed by atoms with Gasteiger partial charge >= 0.3 is 0 Å². The molecule has 1 saturated heterocycles. The molecule has 0 radical (unpaired) electrons. The van der Waals surface area contributed by atoms with Gasteiger partial charge < -0.3 is 15.4 Å². The van der Waals surface area contributed by atoms with Gasteiger partial charge in [0.25, 0.3) is 0 Å². The molecule has 1 aliphatic carbocycles. The summed E-state index contributed by atoms with van der Waals surface area (Å²) in [5.41, 5.74) is 1.29. The zero-order chi connectivity index (χ0) is 18.2. The summed E-state index contributed by atoms with van der Waals surface area (Å²) in [6.07, 6.45) is 7.77. The molecule has 0 aromatic heterocycles. The highest BCUT2D eigenvalue weighted by atomic mass is 127. The number of benzene rings is 1. The van der Waals surface area contributed by atoms with Crippen LogP contribution in [-0.2, 0) is 6.42 Å². The Labute approximate surface area is 181 Å². The number of hydrogen-bond acceptors (Lipinski definition) is 3. The van der Waals surface area contributed by atoms with Crippen molar-refractivity contribution in [1.29, 1.82) is 0 Å². The average molecular weight is 486 g/mol. The van der Waals surface area contributed by atoms with Gasteiger partial charge in [0.05, 0.1) is 7.11 Å². The summed E-state index contributed by atoms with van der Waals surface area (Å²) in [6.45, 7) is 6.20. The third kappa shape index (κ3) is 6.82. The van der Waals surface area contributed by atoms with E-state index in [1.807, 2.05) is 12.1 Å². The van der Waals surface area contributed by atoms with Crippen molar-refractivity contribution in [3.63, 3.8) is 0 Å². The molecule has 0 bridgehead atoms. The second kappa shape index (κ2) is 11.7. The summed E-state index contributed by atoms with van der Waals surface area (Å²) in [4.78, 5) is 7.47. The fourth-order valence-corrected chi connectivity index (χ4v) is 4.11. The van der Waals surface area contributed by atoms with Gasteiger partial charge in [-0.3, -0.25) is 9.89 Å². The Balaban J connectivity index is 0.00000261. The SMILES string of the molecule is CCNC(=NCCc1ccc(OC)cc1)NC1CCN(C2CCCC2)C1.I. The minimum Gasteiger partial charge on any atom is -0.497 e. The lowest BCUT2D eigenvalue weighted by atomic mass is 10.1. The molecular formula is C21H35IN4O. The fraction of sp³-hybridized carbons (Fsp3) is 0.667. The largest absolute Gasteiger partial charge is 0.497 e. The number of ether oxygens (including phenoxy) is 1. The van der Waals surface area contributed by atoms with Gasteiger partial charge in [0.15, 0.2) is 5.96 Å². The van der Waals surface area contributed by atoms with Crippen molar-refractivity contribution < 1.29 is 4.74 Å². The molecule has 2 aliphatic rings. The number of methoxy groups -OCH3 is 1. The second-order valence-corrected chi connectivity index (χ2v) is 7.42. The summed E-state index contributed by atoms with van der Waals surface area (Å²) in [6, 6.07) is 9.61. The molecule has 1 aromatic carbocycles. The zero-order valence-electron chi connectivity index (χ0n) is 16.7. The lowest BCUT2D eigenvalue weighted by molar-refractivity contribution is 0.242. The molecule has 1 atom stereocenters. The van der Waals surface area contributed by atoms with Crippen LogP contribution in [0.2, 0.25) is 0 Å². The van der Waals surface area contributed by atoms with Crippen LogP contribution in [0.25, 0.3) is 0 Å². The Bertz CT molecular complexity index is 572. The summed E-state index contributed by atoms with van der Waals surface area (Å²) in [5.74, 6) is 1.86. The Hall–Kier alpha value is -1.02. The van der Waals surface area contributed by atoms with Crippen molar-refractivity contribution in [3.8, 4) is 5.75 Å². The van der Waals surface area contributed by atoms with Crippen LogP contribution in [0.3, 0.4) is 0 Å². The van der Waals surface area contributed by atoms with E-state index in [0.29, 0.717) is 6.04 Å². The predicted molar refractivity (Wildman–Crippen MR) is 123 cm³/mol. The number of aliphatic imine (C=N–C) groups is 1. The third-order valence-corrected chi connectivity index (χ3v) is 5.58. The molecule has 6 heteroatoms. The van der Waals surface area contributed by atoms with Crippen molar-refractivity contribution in [2.75, 3.05) is 33.3 Å². The van der Waals surface area contributed by atoms with Crippen LogP contribution in [-0.4, -0.2) is 56.2 Å². The quantitative estimate of drug-likeness (QED) is 0.352. The molecule has 152 valence electrons. The van der Waals surface area contributed by atoms with Gasteiger partial charge in [-0.25, -0.2) is 0 Å². The first-order chi connectivity index (χ1) is 12.8. The minimum atomic E-state index is 0. The minimum absolute atomic E-state index is 0. The maximum absolute atomic E-state index is 5.21. The van der Waals surface area contributed by atoms with Crippen molar-refractivity contribution in [3.05, 3.63) is 29.8 Å². The van der Waals surface area contributed by atoms with Crippen molar-refractivity contribution in [2.24, 2.45) is 4.99 Å². The van der Waals surface area contributed by atoms with Gasteiger partial charge in [-0.05, 0) is 50.3 Å². The van der Waals surface area contributed by atoms with E-state index in [2.05, 4.69) is 34.6 Å². The van der Waals surface area contributed by atoms with E-state index < -0.39 is 0 Å². The maximum atomic E-state index is 5.21. The number of nitrogens with one attached hydrogen (secondary N) is 2. The van der Waals surface area contributed by atoms with E-state index >= 15 is 0 Å². The van der Waals surface area contributed by atoms with Gasteiger partial charge in [-0.2, -0.15) is 0 Å². The zero-order valence-corrected chi connectivity index (χ0v) is 19.1. The lowest BCUT2D eigenvalue weighted by Crippen LogP contribution is -2.45. The fourth-order valence-electron chi connectivity index (χ4n) is 4.11. The van der Waals surface area contributed by atoms with E-state index in [9.17, 15) is 0 Å². The lowest BCUT2D eigenvalue weighted by Gasteiger charge is -2.24. The van der Waals surface area contributed by atoms with Gasteiger partial charge in [-0.1, -0.05) is 25.0 Å². The smallest absolute Gasteiger partial charge is 0.191 e. The molecule has 0 spiro atoms. The summed E-state index contributed by atoms with van der Waals surface area (Å²) in [7, 11) is 1.70. The molecule has 27 heavy (non-hydrogen) atoms. The van der Waals surface area contributed by atoms with Gasteiger partial charge in [0.1, 0.15) is 5.75 Å². The van der Waals surface area contributed by atoms with Gasteiger partial charge in [-0.15, -0.1) is 24.0 Å². The van der Waals surface area contributed by atoms with Crippen LogP contribution in [0.15, 0.2) is 29.3 Å². The van der Waals surface area contributed by atoms with Crippen LogP contribution in [0.5, 0.6) is 5.75 Å². The summed E-state index contributed by atoms with van der Waals surface area (Å²) < 4.78 is 5.21. The number of halogens is 1. The van der Waals surface area contributed by atoms with E-state index in [4.69, 9.17) is 9.73 Å². The molecule has 0 amide bonds. The Morgan fingerprint density at radius 3 is 2.59 bits per heavy atom. The topological polar surface area (TPSA) is 48.9 Å². The summed E-state index contributed by atoms with van der Waals surface area (Å²) in [5, 5.41) is 7.05. The van der Waals surface area contributed by atoms with E-state index in [1.54, 1.807) is 7.11 Å². The normalized spacial score (nSPS) is 21.1. The van der Waals surface area contributed by atoms with Crippen LogP contribution in [0.1, 0.15) is 44.6 Å². The van der Waals surface area contributed by atoms with Crippen molar-refractivity contribution in [1.82, 2.24) is 15.5 Å². The second-order valence-electron chi connectivity index (χ2n) is 7.42. The van der Waals surface area contributed by atoms with E-state index in [0.717, 1.165) is 43.8 Å². The number of rotatable bonds is 7.